The molecule has 0 saturated carbocycles. The monoisotopic (exact) mass is 232 g/mol. The molecule has 1 heterocycles. The molecule has 2 atom stereocenters. The highest BCUT2D eigenvalue weighted by Crippen LogP contribution is 2.29. The number of fused-ring (bicyclic) bond motifs is 1. The van der Waals surface area contributed by atoms with Crippen LogP contribution < -0.4 is 10.5 Å². The Balaban J connectivity index is 2.41. The number of alkyl halides is 1. The van der Waals surface area contributed by atoms with E-state index >= 15 is 0 Å². The number of nitrogens with two attached hydrogens (primary N) is 1. The van der Waals surface area contributed by atoms with E-state index in [0.717, 1.165) is 0 Å². The molecule has 3 N–H and O–H groups in total. The second kappa shape index (κ2) is 3.86. The molecule has 1 aliphatic rings. The summed E-state index contributed by atoms with van der Waals surface area (Å²) in [4.78, 5) is -0.0549. The zero-order valence-corrected chi connectivity index (χ0v) is 8.61. The van der Waals surface area contributed by atoms with E-state index in [9.17, 15) is 13.0 Å². The van der Waals surface area contributed by atoms with Crippen LogP contribution in [-0.4, -0.2) is 16.9 Å². The van der Waals surface area contributed by atoms with Crippen molar-refractivity contribution in [1.82, 2.24) is 0 Å². The molecule has 1 aromatic rings. The van der Waals surface area contributed by atoms with E-state index < -0.39 is 23.5 Å². The lowest BCUT2D eigenvalue weighted by Gasteiger charge is -2.05. The maximum absolute atomic E-state index is 13.3. The molecule has 82 valence electrons. The van der Waals surface area contributed by atoms with Crippen LogP contribution in [0.25, 0.3) is 0 Å². The van der Waals surface area contributed by atoms with Crippen LogP contribution >= 0.6 is 0 Å². The molecular formula is C9H10F2N2OS. The summed E-state index contributed by atoms with van der Waals surface area (Å²) >= 11 is 0. The molecule has 2 unspecified atom stereocenters. The van der Waals surface area contributed by atoms with E-state index in [-0.39, 0.29) is 10.9 Å². The quantitative estimate of drug-likeness (QED) is 0.802. The fraction of sp³-hybridized carbons (Fsp3) is 0.333. The second-order valence-corrected chi connectivity index (χ2v) is 4.47. The van der Waals surface area contributed by atoms with Crippen LogP contribution in [0.15, 0.2) is 17.0 Å². The molecule has 1 aromatic carbocycles. The van der Waals surface area contributed by atoms with Crippen molar-refractivity contribution in [3.8, 4) is 0 Å². The van der Waals surface area contributed by atoms with Crippen molar-refractivity contribution in [2.45, 2.75) is 17.4 Å². The molecule has 0 radical (unpaired) electrons. The summed E-state index contributed by atoms with van der Waals surface area (Å²) in [6, 6.07) is 2.33. The van der Waals surface area contributed by atoms with Gasteiger partial charge in [-0.2, -0.15) is 0 Å². The SMILES string of the molecule is NS(=O)c1cc2c(cc1F)CC(CF)N2. The molecule has 0 amide bonds. The smallest absolute Gasteiger partial charge is 0.141 e. The van der Waals surface area contributed by atoms with Gasteiger partial charge in [-0.15, -0.1) is 0 Å². The van der Waals surface area contributed by atoms with Crippen LogP contribution in [0, 0.1) is 5.82 Å². The summed E-state index contributed by atoms with van der Waals surface area (Å²) in [6.45, 7) is -0.517. The normalized spacial score (nSPS) is 20.9. The molecule has 2 rings (SSSR count). The summed E-state index contributed by atoms with van der Waals surface area (Å²) in [5.74, 6) is -0.601. The van der Waals surface area contributed by atoms with Gasteiger partial charge in [-0.1, -0.05) is 0 Å². The summed E-state index contributed by atoms with van der Waals surface area (Å²) in [7, 11) is -1.85. The van der Waals surface area contributed by atoms with Gasteiger partial charge in [0, 0.05) is 5.69 Å². The lowest BCUT2D eigenvalue weighted by Crippen LogP contribution is -2.17. The molecule has 0 saturated heterocycles. The number of hydrogen-bond donors (Lipinski definition) is 2. The van der Waals surface area contributed by atoms with E-state index in [4.69, 9.17) is 5.14 Å². The van der Waals surface area contributed by atoms with Crippen molar-refractivity contribution >= 4 is 16.7 Å². The molecule has 0 aliphatic carbocycles. The van der Waals surface area contributed by atoms with Crippen LogP contribution in [0.5, 0.6) is 0 Å². The summed E-state index contributed by atoms with van der Waals surface area (Å²) in [6.07, 6.45) is 0.445. The van der Waals surface area contributed by atoms with E-state index in [1.807, 2.05) is 0 Å². The Labute approximate surface area is 88.3 Å². The van der Waals surface area contributed by atoms with Gasteiger partial charge in [0.1, 0.15) is 23.5 Å². The third kappa shape index (κ3) is 1.87. The Hall–Kier alpha value is -1.01. The predicted octanol–water partition coefficient (Wildman–Crippen LogP) is 1.11. The van der Waals surface area contributed by atoms with Crippen LogP contribution in [0.3, 0.4) is 0 Å². The van der Waals surface area contributed by atoms with E-state index in [1.54, 1.807) is 0 Å². The number of rotatable bonds is 2. The van der Waals surface area contributed by atoms with E-state index in [0.29, 0.717) is 17.7 Å². The average Bonchev–Trinajstić information content (AvgIpc) is 2.58. The van der Waals surface area contributed by atoms with Crippen molar-refractivity contribution in [2.24, 2.45) is 5.14 Å². The van der Waals surface area contributed by atoms with Crippen molar-refractivity contribution in [2.75, 3.05) is 12.0 Å². The summed E-state index contributed by atoms with van der Waals surface area (Å²) in [5, 5.41) is 7.98. The maximum atomic E-state index is 13.3. The molecule has 0 bridgehead atoms. The summed E-state index contributed by atoms with van der Waals surface area (Å²) < 4.78 is 36.7. The number of halogens is 2. The lowest BCUT2D eigenvalue weighted by molar-refractivity contribution is 0.450. The van der Waals surface area contributed by atoms with Gasteiger partial charge >= 0.3 is 0 Å². The topological polar surface area (TPSA) is 55.1 Å². The van der Waals surface area contributed by atoms with Gasteiger partial charge in [-0.25, -0.2) is 18.1 Å². The van der Waals surface area contributed by atoms with Gasteiger partial charge in [0.2, 0.25) is 0 Å². The van der Waals surface area contributed by atoms with Crippen molar-refractivity contribution in [3.05, 3.63) is 23.5 Å². The molecule has 1 aliphatic heterocycles. The first-order valence-electron chi connectivity index (χ1n) is 4.43. The Morgan fingerprint density at radius 3 is 2.93 bits per heavy atom. The maximum Gasteiger partial charge on any atom is 0.141 e. The minimum Gasteiger partial charge on any atom is -0.379 e. The largest absolute Gasteiger partial charge is 0.379 e. The van der Waals surface area contributed by atoms with E-state index in [2.05, 4.69) is 5.32 Å². The summed E-state index contributed by atoms with van der Waals surface area (Å²) in [5.41, 5.74) is 1.32. The van der Waals surface area contributed by atoms with Gasteiger partial charge in [0.25, 0.3) is 0 Å². The Morgan fingerprint density at radius 2 is 2.33 bits per heavy atom. The minimum absolute atomic E-state index is 0.0549. The highest BCUT2D eigenvalue weighted by atomic mass is 32.2. The first-order valence-corrected chi connectivity index (χ1v) is 5.64. The van der Waals surface area contributed by atoms with Crippen LogP contribution in [0.1, 0.15) is 5.56 Å². The van der Waals surface area contributed by atoms with Gasteiger partial charge in [-0.3, -0.25) is 0 Å². The van der Waals surface area contributed by atoms with Crippen LogP contribution in [-0.2, 0) is 17.4 Å². The van der Waals surface area contributed by atoms with Gasteiger partial charge in [0.05, 0.1) is 10.9 Å². The van der Waals surface area contributed by atoms with Crippen molar-refractivity contribution in [1.29, 1.82) is 0 Å². The minimum atomic E-state index is -1.85. The van der Waals surface area contributed by atoms with Crippen LogP contribution in [0.4, 0.5) is 14.5 Å². The average molecular weight is 232 g/mol. The predicted molar refractivity (Wildman–Crippen MR) is 54.1 cm³/mol. The second-order valence-electron chi connectivity index (χ2n) is 3.44. The molecule has 0 fully saturated rings. The van der Waals surface area contributed by atoms with Crippen LogP contribution in [0.2, 0.25) is 0 Å². The fourth-order valence-corrected chi connectivity index (χ4v) is 2.17. The molecule has 0 spiro atoms. The standard InChI is InChI=1S/C9H10F2N2OS/c10-4-6-1-5-2-7(11)9(15(12)14)3-8(5)13-6/h2-3,6,13H,1,4,12H2. The number of nitrogens with one attached hydrogen (secondary N) is 1. The number of hydrogen-bond acceptors (Lipinski definition) is 2. The zero-order chi connectivity index (χ0) is 11.0. The van der Waals surface area contributed by atoms with Gasteiger partial charge < -0.3 is 5.32 Å². The first-order chi connectivity index (χ1) is 7.11. The molecular weight excluding hydrogens is 222 g/mol. The van der Waals surface area contributed by atoms with Crippen molar-refractivity contribution in [3.63, 3.8) is 0 Å². The van der Waals surface area contributed by atoms with Gasteiger partial charge in [0.15, 0.2) is 0 Å². The fourth-order valence-electron chi connectivity index (χ4n) is 1.68. The number of anilines is 1. The third-order valence-corrected chi connectivity index (χ3v) is 3.13. The third-order valence-electron chi connectivity index (χ3n) is 2.39. The van der Waals surface area contributed by atoms with E-state index in [1.165, 1.54) is 12.1 Å². The highest BCUT2D eigenvalue weighted by molar-refractivity contribution is 7.82. The molecule has 0 aromatic heterocycles. The van der Waals surface area contributed by atoms with Gasteiger partial charge in [-0.05, 0) is 24.1 Å². The highest BCUT2D eigenvalue weighted by Gasteiger charge is 2.23. The Morgan fingerprint density at radius 1 is 1.60 bits per heavy atom. The zero-order valence-electron chi connectivity index (χ0n) is 7.80. The first kappa shape index (κ1) is 10.5. The van der Waals surface area contributed by atoms with Crippen molar-refractivity contribution < 1.29 is 13.0 Å². The Kier molecular flexibility index (Phi) is 2.70. The lowest BCUT2D eigenvalue weighted by atomic mass is 10.1. The molecule has 15 heavy (non-hydrogen) atoms. The number of benzene rings is 1. The molecule has 3 nitrogen and oxygen atoms in total. The Bertz CT molecular complexity index is 425. The molecule has 6 heteroatoms.